The Balaban J connectivity index is 1.53. The maximum Gasteiger partial charge on any atom is 0.246 e. The summed E-state index contributed by atoms with van der Waals surface area (Å²) in [5, 5.41) is 4.23. The molecule has 2 fully saturated rings. The standard InChI is InChI=1S/C19H24N4O2/c1-13-5-4-6-14(11-13)19(8-9-19)18-21-16(25-22-18)12-23-10-3-2-7-15(20)17(23)24/h4-6,11,15H,2-3,7-10,12,20H2,1H3. The Morgan fingerprint density at radius 2 is 2.20 bits per heavy atom. The van der Waals surface area contributed by atoms with E-state index >= 15 is 0 Å². The fourth-order valence-corrected chi connectivity index (χ4v) is 3.68. The third kappa shape index (κ3) is 3.06. The molecular formula is C19H24N4O2. The van der Waals surface area contributed by atoms with Crippen molar-refractivity contribution in [2.75, 3.05) is 6.54 Å². The summed E-state index contributed by atoms with van der Waals surface area (Å²) in [6, 6.07) is 8.08. The molecule has 132 valence electrons. The molecule has 2 N–H and O–H groups in total. The molecule has 1 amide bonds. The molecule has 6 nitrogen and oxygen atoms in total. The quantitative estimate of drug-likeness (QED) is 0.923. The molecule has 0 radical (unpaired) electrons. The molecule has 1 aliphatic heterocycles. The largest absolute Gasteiger partial charge is 0.337 e. The van der Waals surface area contributed by atoms with Crippen molar-refractivity contribution in [3.8, 4) is 0 Å². The second-order valence-electron chi connectivity index (χ2n) is 7.33. The summed E-state index contributed by atoms with van der Waals surface area (Å²) in [7, 11) is 0. The van der Waals surface area contributed by atoms with Crippen molar-refractivity contribution >= 4 is 5.91 Å². The highest BCUT2D eigenvalue weighted by Crippen LogP contribution is 2.52. The Morgan fingerprint density at radius 1 is 1.36 bits per heavy atom. The number of amides is 1. The van der Waals surface area contributed by atoms with Crippen LogP contribution in [0.4, 0.5) is 0 Å². The van der Waals surface area contributed by atoms with Gasteiger partial charge >= 0.3 is 0 Å². The fourth-order valence-electron chi connectivity index (χ4n) is 3.68. The van der Waals surface area contributed by atoms with Gasteiger partial charge in [-0.3, -0.25) is 4.79 Å². The van der Waals surface area contributed by atoms with Gasteiger partial charge in [0.15, 0.2) is 5.82 Å². The lowest BCUT2D eigenvalue weighted by atomic mass is 9.94. The van der Waals surface area contributed by atoms with Crippen LogP contribution in [0.2, 0.25) is 0 Å². The highest BCUT2D eigenvalue weighted by atomic mass is 16.5. The lowest BCUT2D eigenvalue weighted by Gasteiger charge is -2.20. The molecule has 1 atom stereocenters. The summed E-state index contributed by atoms with van der Waals surface area (Å²) < 4.78 is 5.47. The molecule has 1 aromatic heterocycles. The average molecular weight is 340 g/mol. The van der Waals surface area contributed by atoms with Crippen molar-refractivity contribution < 1.29 is 9.32 Å². The van der Waals surface area contributed by atoms with Gasteiger partial charge in [0.2, 0.25) is 11.8 Å². The van der Waals surface area contributed by atoms with Crippen molar-refractivity contribution in [1.29, 1.82) is 0 Å². The van der Waals surface area contributed by atoms with E-state index in [9.17, 15) is 4.79 Å². The highest BCUT2D eigenvalue weighted by molar-refractivity contribution is 5.81. The number of hydrogen-bond acceptors (Lipinski definition) is 5. The normalized spacial score (nSPS) is 22.7. The molecule has 2 aromatic rings. The Hall–Kier alpha value is -2.21. The zero-order valence-corrected chi connectivity index (χ0v) is 14.6. The summed E-state index contributed by atoms with van der Waals surface area (Å²) in [5.74, 6) is 1.22. The Morgan fingerprint density at radius 3 is 2.96 bits per heavy atom. The Kier molecular flexibility index (Phi) is 4.07. The van der Waals surface area contributed by atoms with Crippen molar-refractivity contribution in [3.05, 3.63) is 47.1 Å². The number of benzene rings is 1. The van der Waals surface area contributed by atoms with Gasteiger partial charge < -0.3 is 15.2 Å². The molecule has 1 aliphatic carbocycles. The first-order valence-corrected chi connectivity index (χ1v) is 9.03. The minimum Gasteiger partial charge on any atom is -0.337 e. The number of aromatic nitrogens is 2. The van der Waals surface area contributed by atoms with E-state index in [1.807, 2.05) is 0 Å². The van der Waals surface area contributed by atoms with Gasteiger partial charge in [-0.1, -0.05) is 35.0 Å². The van der Waals surface area contributed by atoms with Gasteiger partial charge in [0.05, 0.1) is 11.5 Å². The summed E-state index contributed by atoms with van der Waals surface area (Å²) in [5.41, 5.74) is 8.30. The van der Waals surface area contributed by atoms with Crippen molar-refractivity contribution in [2.45, 2.75) is 57.0 Å². The minimum absolute atomic E-state index is 0.0166. The smallest absolute Gasteiger partial charge is 0.246 e. The van der Waals surface area contributed by atoms with Crippen LogP contribution in [0, 0.1) is 6.92 Å². The van der Waals surface area contributed by atoms with Crippen molar-refractivity contribution in [1.82, 2.24) is 15.0 Å². The van der Waals surface area contributed by atoms with Gasteiger partial charge in [0.25, 0.3) is 0 Å². The van der Waals surface area contributed by atoms with E-state index in [1.165, 1.54) is 11.1 Å². The molecule has 1 aromatic carbocycles. The fraction of sp³-hybridized carbons (Fsp3) is 0.526. The van der Waals surface area contributed by atoms with E-state index in [0.29, 0.717) is 19.0 Å². The third-order valence-electron chi connectivity index (χ3n) is 5.36. The molecule has 6 heteroatoms. The van der Waals surface area contributed by atoms with Crippen molar-refractivity contribution in [3.63, 3.8) is 0 Å². The number of carbonyl (C=O) groups is 1. The first-order valence-electron chi connectivity index (χ1n) is 9.03. The van der Waals surface area contributed by atoms with Gasteiger partial charge in [-0.2, -0.15) is 4.98 Å². The second kappa shape index (κ2) is 6.26. The van der Waals surface area contributed by atoms with Crippen LogP contribution in [0.5, 0.6) is 0 Å². The number of likely N-dealkylation sites (tertiary alicyclic amines) is 1. The maximum atomic E-state index is 12.3. The van der Waals surface area contributed by atoms with E-state index in [0.717, 1.165) is 37.9 Å². The van der Waals surface area contributed by atoms with Crippen molar-refractivity contribution in [2.24, 2.45) is 5.73 Å². The summed E-state index contributed by atoms with van der Waals surface area (Å²) in [4.78, 5) is 18.7. The van der Waals surface area contributed by atoms with Gasteiger partial charge in [-0.15, -0.1) is 0 Å². The van der Waals surface area contributed by atoms with Crippen LogP contribution in [-0.4, -0.2) is 33.5 Å². The number of nitrogens with zero attached hydrogens (tertiary/aromatic N) is 3. The number of rotatable bonds is 4. The van der Waals surface area contributed by atoms with Gasteiger partial charge in [0, 0.05) is 6.54 Å². The number of aryl methyl sites for hydroxylation is 1. The highest BCUT2D eigenvalue weighted by Gasteiger charge is 2.50. The zero-order chi connectivity index (χ0) is 17.4. The van der Waals surface area contributed by atoms with Crippen LogP contribution < -0.4 is 5.73 Å². The first kappa shape index (κ1) is 16.3. The average Bonchev–Trinajstić information content (AvgIpc) is 3.32. The SMILES string of the molecule is Cc1cccc(C2(c3noc(CN4CCCCC(N)C4=O)n3)CC2)c1. The molecule has 1 saturated heterocycles. The maximum absolute atomic E-state index is 12.3. The lowest BCUT2D eigenvalue weighted by molar-refractivity contribution is -0.133. The number of nitrogens with two attached hydrogens (primary N) is 1. The van der Waals surface area contributed by atoms with Crippen LogP contribution in [0.3, 0.4) is 0 Å². The Bertz CT molecular complexity index is 781. The minimum atomic E-state index is -0.410. The molecular weight excluding hydrogens is 316 g/mol. The molecule has 2 aliphatic rings. The molecule has 1 unspecified atom stereocenters. The van der Waals surface area contributed by atoms with E-state index in [4.69, 9.17) is 10.3 Å². The predicted molar refractivity (Wildman–Crippen MR) is 92.7 cm³/mol. The molecule has 4 rings (SSSR count). The monoisotopic (exact) mass is 340 g/mol. The van der Waals surface area contributed by atoms with E-state index in [1.54, 1.807) is 4.90 Å². The summed E-state index contributed by atoms with van der Waals surface area (Å²) in [6.45, 7) is 3.14. The van der Waals surface area contributed by atoms with Gasteiger partial charge in [0.1, 0.15) is 6.54 Å². The molecule has 0 bridgehead atoms. The lowest BCUT2D eigenvalue weighted by Crippen LogP contribution is -2.41. The van der Waals surface area contributed by atoms with E-state index < -0.39 is 6.04 Å². The summed E-state index contributed by atoms with van der Waals surface area (Å²) >= 11 is 0. The van der Waals surface area contributed by atoms with E-state index in [-0.39, 0.29) is 11.3 Å². The first-order chi connectivity index (χ1) is 12.1. The second-order valence-corrected chi connectivity index (χ2v) is 7.33. The van der Waals surface area contributed by atoms with Crippen LogP contribution >= 0.6 is 0 Å². The van der Waals surface area contributed by atoms with Gasteiger partial charge in [-0.25, -0.2) is 0 Å². The van der Waals surface area contributed by atoms with E-state index in [2.05, 4.69) is 41.3 Å². The number of hydrogen-bond donors (Lipinski definition) is 1. The van der Waals surface area contributed by atoms with Crippen LogP contribution in [0.25, 0.3) is 0 Å². The molecule has 25 heavy (non-hydrogen) atoms. The number of carbonyl (C=O) groups excluding carboxylic acids is 1. The zero-order valence-electron chi connectivity index (χ0n) is 14.6. The van der Waals surface area contributed by atoms with Crippen LogP contribution in [0.15, 0.2) is 28.8 Å². The molecule has 0 spiro atoms. The molecule has 2 heterocycles. The van der Waals surface area contributed by atoms with Crippen LogP contribution in [0.1, 0.15) is 54.9 Å². The predicted octanol–water partition coefficient (Wildman–Crippen LogP) is 2.30. The topological polar surface area (TPSA) is 85.3 Å². The Labute approximate surface area is 147 Å². The third-order valence-corrected chi connectivity index (χ3v) is 5.36. The molecule has 1 saturated carbocycles. The van der Waals surface area contributed by atoms with Crippen LogP contribution in [-0.2, 0) is 16.8 Å². The van der Waals surface area contributed by atoms with Gasteiger partial charge in [-0.05, 0) is 44.6 Å². The summed E-state index contributed by atoms with van der Waals surface area (Å²) in [6.07, 6.45) is 4.76.